The molecule has 0 aliphatic rings. The lowest BCUT2D eigenvalue weighted by atomic mass is 9.97. The van der Waals surface area contributed by atoms with E-state index in [1.165, 1.54) is 57.8 Å². The molecule has 2 nitrogen and oxygen atoms in total. The number of ether oxygens (including phenoxy) is 1. The quantitative estimate of drug-likeness (QED) is 0.459. The van der Waals surface area contributed by atoms with Crippen LogP contribution in [0.15, 0.2) is 0 Å². The molecule has 0 spiro atoms. The summed E-state index contributed by atoms with van der Waals surface area (Å²) in [7, 11) is 1.80. The van der Waals surface area contributed by atoms with E-state index in [1.54, 1.807) is 7.11 Å². The van der Waals surface area contributed by atoms with Crippen LogP contribution in [-0.4, -0.2) is 26.3 Å². The molecule has 2 atom stereocenters. The highest BCUT2D eigenvalue weighted by atomic mass is 16.5. The molecule has 0 bridgehead atoms. The number of hydrogen-bond donors (Lipinski definition) is 1. The van der Waals surface area contributed by atoms with E-state index in [2.05, 4.69) is 26.1 Å². The molecule has 0 amide bonds. The second-order valence-electron chi connectivity index (χ2n) is 6.00. The van der Waals surface area contributed by atoms with E-state index in [9.17, 15) is 0 Å². The van der Waals surface area contributed by atoms with Crippen LogP contribution in [0.4, 0.5) is 0 Å². The van der Waals surface area contributed by atoms with Crippen molar-refractivity contribution in [1.29, 1.82) is 0 Å². The Bertz CT molecular complexity index is 173. The van der Waals surface area contributed by atoms with Crippen molar-refractivity contribution in [2.75, 3.05) is 20.3 Å². The second-order valence-corrected chi connectivity index (χ2v) is 6.00. The van der Waals surface area contributed by atoms with Gasteiger partial charge in [0.15, 0.2) is 0 Å². The van der Waals surface area contributed by atoms with E-state index in [-0.39, 0.29) is 0 Å². The van der Waals surface area contributed by atoms with Gasteiger partial charge in [-0.15, -0.1) is 0 Å². The predicted molar refractivity (Wildman–Crippen MR) is 85.7 cm³/mol. The Balaban J connectivity index is 3.72. The fourth-order valence-corrected chi connectivity index (χ4v) is 2.66. The van der Waals surface area contributed by atoms with Gasteiger partial charge >= 0.3 is 0 Å². The highest BCUT2D eigenvalue weighted by Crippen LogP contribution is 2.14. The third-order valence-corrected chi connectivity index (χ3v) is 3.73. The predicted octanol–water partition coefficient (Wildman–Crippen LogP) is 4.78. The molecule has 2 unspecified atom stereocenters. The fraction of sp³-hybridized carbons (Fsp3) is 1.00. The number of hydrogen-bond acceptors (Lipinski definition) is 2. The average Bonchev–Trinajstić information content (AvgIpc) is 2.39. The van der Waals surface area contributed by atoms with Crippen molar-refractivity contribution in [2.45, 2.75) is 84.6 Å². The van der Waals surface area contributed by atoms with Gasteiger partial charge in [0.1, 0.15) is 0 Å². The van der Waals surface area contributed by atoms with Crippen molar-refractivity contribution in [1.82, 2.24) is 5.32 Å². The lowest BCUT2D eigenvalue weighted by Gasteiger charge is -2.22. The van der Waals surface area contributed by atoms with Crippen LogP contribution < -0.4 is 5.32 Å². The topological polar surface area (TPSA) is 21.3 Å². The molecule has 0 rings (SSSR count). The molecule has 19 heavy (non-hydrogen) atoms. The molecular weight excluding hydrogens is 234 g/mol. The Hall–Kier alpha value is -0.0800. The Kier molecular flexibility index (Phi) is 14.3. The molecule has 0 radical (unpaired) electrons. The molecular formula is C17H37NO. The maximum Gasteiger partial charge on any atom is 0.0488 e. The maximum absolute atomic E-state index is 5.25. The SMILES string of the molecule is CCCCCCCCC(CC(C)COC)NCCC. The molecule has 0 heterocycles. The number of methoxy groups -OCH3 is 1. The molecule has 0 aromatic heterocycles. The van der Waals surface area contributed by atoms with Gasteiger partial charge in [0.25, 0.3) is 0 Å². The van der Waals surface area contributed by atoms with Gasteiger partial charge in [0, 0.05) is 19.8 Å². The van der Waals surface area contributed by atoms with Crippen LogP contribution >= 0.6 is 0 Å². The summed E-state index contributed by atoms with van der Waals surface area (Å²) in [6.45, 7) is 8.86. The van der Waals surface area contributed by atoms with Crippen molar-refractivity contribution in [3.05, 3.63) is 0 Å². The van der Waals surface area contributed by atoms with Gasteiger partial charge in [-0.05, 0) is 31.7 Å². The van der Waals surface area contributed by atoms with Gasteiger partial charge < -0.3 is 10.1 Å². The van der Waals surface area contributed by atoms with Crippen molar-refractivity contribution >= 4 is 0 Å². The van der Waals surface area contributed by atoms with Crippen molar-refractivity contribution < 1.29 is 4.74 Å². The molecule has 1 N–H and O–H groups in total. The summed E-state index contributed by atoms with van der Waals surface area (Å²) in [6, 6.07) is 0.691. The highest BCUT2D eigenvalue weighted by molar-refractivity contribution is 4.70. The standard InChI is InChI=1S/C17H37NO/c1-5-7-8-9-10-11-12-17(18-13-6-2)14-16(3)15-19-4/h16-18H,5-15H2,1-4H3. The fourth-order valence-electron chi connectivity index (χ4n) is 2.66. The summed E-state index contributed by atoms with van der Waals surface area (Å²) in [5, 5.41) is 3.71. The van der Waals surface area contributed by atoms with Gasteiger partial charge in [-0.1, -0.05) is 59.3 Å². The zero-order valence-corrected chi connectivity index (χ0v) is 13.8. The Morgan fingerprint density at radius 1 is 0.947 bits per heavy atom. The van der Waals surface area contributed by atoms with Gasteiger partial charge in [0.05, 0.1) is 0 Å². The summed E-state index contributed by atoms with van der Waals surface area (Å²) < 4.78 is 5.25. The van der Waals surface area contributed by atoms with E-state index in [0.29, 0.717) is 12.0 Å². The summed E-state index contributed by atoms with van der Waals surface area (Å²) >= 11 is 0. The van der Waals surface area contributed by atoms with Gasteiger partial charge in [0.2, 0.25) is 0 Å². The van der Waals surface area contributed by atoms with E-state index in [0.717, 1.165) is 13.2 Å². The van der Waals surface area contributed by atoms with Crippen molar-refractivity contribution in [3.8, 4) is 0 Å². The van der Waals surface area contributed by atoms with E-state index < -0.39 is 0 Å². The summed E-state index contributed by atoms with van der Waals surface area (Å²) in [6.07, 6.45) is 12.2. The third kappa shape index (κ3) is 12.7. The molecule has 0 fully saturated rings. The molecule has 0 saturated carbocycles. The monoisotopic (exact) mass is 271 g/mol. The lowest BCUT2D eigenvalue weighted by Crippen LogP contribution is -2.32. The molecule has 0 aromatic carbocycles. The minimum atomic E-state index is 0.666. The average molecular weight is 271 g/mol. The normalized spacial score (nSPS) is 14.5. The van der Waals surface area contributed by atoms with Crippen LogP contribution in [0.1, 0.15) is 78.6 Å². The number of unbranched alkanes of at least 4 members (excludes halogenated alkanes) is 5. The summed E-state index contributed by atoms with van der Waals surface area (Å²) in [5.74, 6) is 0.666. The van der Waals surface area contributed by atoms with Crippen LogP contribution in [0.2, 0.25) is 0 Å². The Morgan fingerprint density at radius 2 is 1.63 bits per heavy atom. The highest BCUT2D eigenvalue weighted by Gasteiger charge is 2.12. The molecule has 0 aromatic rings. The van der Waals surface area contributed by atoms with Gasteiger partial charge in [-0.2, -0.15) is 0 Å². The van der Waals surface area contributed by atoms with Crippen LogP contribution in [0.3, 0.4) is 0 Å². The first-order valence-electron chi connectivity index (χ1n) is 8.46. The Morgan fingerprint density at radius 3 is 2.26 bits per heavy atom. The first-order chi connectivity index (χ1) is 9.24. The molecule has 116 valence electrons. The van der Waals surface area contributed by atoms with Gasteiger partial charge in [-0.3, -0.25) is 0 Å². The van der Waals surface area contributed by atoms with Gasteiger partial charge in [-0.25, -0.2) is 0 Å². The zero-order valence-electron chi connectivity index (χ0n) is 13.8. The number of nitrogens with one attached hydrogen (secondary N) is 1. The third-order valence-electron chi connectivity index (χ3n) is 3.73. The smallest absolute Gasteiger partial charge is 0.0488 e. The van der Waals surface area contributed by atoms with Crippen LogP contribution in [0.5, 0.6) is 0 Å². The summed E-state index contributed by atoms with van der Waals surface area (Å²) in [5.41, 5.74) is 0. The second kappa shape index (κ2) is 14.3. The summed E-state index contributed by atoms with van der Waals surface area (Å²) in [4.78, 5) is 0. The van der Waals surface area contributed by atoms with Crippen LogP contribution in [0.25, 0.3) is 0 Å². The van der Waals surface area contributed by atoms with Crippen molar-refractivity contribution in [3.63, 3.8) is 0 Å². The maximum atomic E-state index is 5.25. The van der Waals surface area contributed by atoms with E-state index in [1.807, 2.05) is 0 Å². The lowest BCUT2D eigenvalue weighted by molar-refractivity contribution is 0.148. The minimum Gasteiger partial charge on any atom is -0.384 e. The van der Waals surface area contributed by atoms with Crippen LogP contribution in [0, 0.1) is 5.92 Å². The first kappa shape index (κ1) is 18.9. The minimum absolute atomic E-state index is 0.666. The molecule has 2 heteroatoms. The number of rotatable bonds is 14. The van der Waals surface area contributed by atoms with Crippen LogP contribution in [-0.2, 0) is 4.74 Å². The van der Waals surface area contributed by atoms with E-state index >= 15 is 0 Å². The van der Waals surface area contributed by atoms with Crippen molar-refractivity contribution in [2.24, 2.45) is 5.92 Å². The molecule has 0 aliphatic heterocycles. The zero-order chi connectivity index (χ0) is 14.3. The Labute approximate surface area is 121 Å². The molecule has 0 saturated heterocycles. The molecule has 0 aliphatic carbocycles. The first-order valence-corrected chi connectivity index (χ1v) is 8.46. The van der Waals surface area contributed by atoms with E-state index in [4.69, 9.17) is 4.74 Å². The largest absolute Gasteiger partial charge is 0.384 e.